The second kappa shape index (κ2) is 6.24. The zero-order chi connectivity index (χ0) is 18.4. The maximum absolute atomic E-state index is 13.0. The lowest BCUT2D eigenvalue weighted by atomic mass is 10.1. The van der Waals surface area contributed by atoms with Crippen molar-refractivity contribution in [3.63, 3.8) is 0 Å². The van der Waals surface area contributed by atoms with Gasteiger partial charge < -0.3 is 14.8 Å². The molecule has 0 saturated carbocycles. The molecular weight excluding hydrogens is 400 g/mol. The molecule has 4 rings (SSSR count). The van der Waals surface area contributed by atoms with Crippen molar-refractivity contribution in [1.82, 2.24) is 29.4 Å². The second-order valence-electron chi connectivity index (χ2n) is 6.15. The summed E-state index contributed by atoms with van der Waals surface area (Å²) in [4.78, 5) is 31.0. The van der Waals surface area contributed by atoms with Crippen LogP contribution in [0.4, 0.5) is 0 Å². The Bertz CT molecular complexity index is 1020. The molecule has 9 heteroatoms. The van der Waals surface area contributed by atoms with Gasteiger partial charge in [0.1, 0.15) is 5.69 Å². The Morgan fingerprint density at radius 2 is 2.12 bits per heavy atom. The van der Waals surface area contributed by atoms with Crippen molar-refractivity contribution in [2.45, 2.75) is 19.5 Å². The van der Waals surface area contributed by atoms with Gasteiger partial charge in [-0.3, -0.25) is 9.59 Å². The Hall–Kier alpha value is -2.68. The van der Waals surface area contributed by atoms with E-state index in [2.05, 4.69) is 31.3 Å². The van der Waals surface area contributed by atoms with Gasteiger partial charge in [0.25, 0.3) is 11.8 Å². The van der Waals surface area contributed by atoms with Gasteiger partial charge in [-0.1, -0.05) is 0 Å². The number of amides is 2. The van der Waals surface area contributed by atoms with Crippen LogP contribution in [-0.4, -0.2) is 49.5 Å². The van der Waals surface area contributed by atoms with Crippen LogP contribution in [0.5, 0.6) is 0 Å². The van der Waals surface area contributed by atoms with Crippen molar-refractivity contribution < 1.29 is 9.59 Å². The standard InChI is InChI=1S/C17H17BrN6O2/c1-10-13-3-4-14(16(25)19-2)23(13)6-5-22(10)17(26)12-7-15-20-8-11(18)9-24(15)21-12/h3-4,7-10H,5-6H2,1-2H3,(H,19,25). The van der Waals surface area contributed by atoms with Crippen LogP contribution in [0, 0.1) is 0 Å². The number of carbonyl (C=O) groups is 2. The third kappa shape index (κ3) is 2.59. The number of hydrogen-bond acceptors (Lipinski definition) is 4. The molecule has 134 valence electrons. The first kappa shape index (κ1) is 16.8. The number of rotatable bonds is 2. The van der Waals surface area contributed by atoms with E-state index in [4.69, 9.17) is 0 Å². The molecule has 0 aliphatic carbocycles. The molecular formula is C17H17BrN6O2. The molecule has 1 N–H and O–H groups in total. The predicted molar refractivity (Wildman–Crippen MR) is 98.0 cm³/mol. The number of nitrogens with one attached hydrogen (secondary N) is 1. The average molecular weight is 417 g/mol. The summed E-state index contributed by atoms with van der Waals surface area (Å²) in [5.74, 6) is -0.270. The lowest BCUT2D eigenvalue weighted by molar-refractivity contribution is 0.0635. The fraction of sp³-hybridized carbons (Fsp3) is 0.294. The van der Waals surface area contributed by atoms with Crippen LogP contribution in [0.2, 0.25) is 0 Å². The summed E-state index contributed by atoms with van der Waals surface area (Å²) in [5.41, 5.74) is 2.52. The SMILES string of the molecule is CNC(=O)c1ccc2n1CCN(C(=O)c1cc3ncc(Br)cn3n1)C2C. The van der Waals surface area contributed by atoms with E-state index < -0.39 is 0 Å². The molecule has 4 heterocycles. The zero-order valence-corrected chi connectivity index (χ0v) is 15.9. The molecule has 8 nitrogen and oxygen atoms in total. The van der Waals surface area contributed by atoms with Crippen molar-refractivity contribution in [2.75, 3.05) is 13.6 Å². The third-order valence-electron chi connectivity index (χ3n) is 4.70. The van der Waals surface area contributed by atoms with E-state index in [9.17, 15) is 9.59 Å². The van der Waals surface area contributed by atoms with Crippen LogP contribution in [0.15, 0.2) is 35.1 Å². The highest BCUT2D eigenvalue weighted by Gasteiger charge is 2.31. The summed E-state index contributed by atoms with van der Waals surface area (Å²) in [7, 11) is 1.61. The molecule has 0 spiro atoms. The number of halogens is 1. The summed E-state index contributed by atoms with van der Waals surface area (Å²) < 4.78 is 4.34. The van der Waals surface area contributed by atoms with Gasteiger partial charge in [-0.05, 0) is 35.0 Å². The summed E-state index contributed by atoms with van der Waals surface area (Å²) in [6, 6.07) is 5.23. The molecule has 26 heavy (non-hydrogen) atoms. The Kier molecular flexibility index (Phi) is 4.03. The molecule has 3 aromatic rings. The highest BCUT2D eigenvalue weighted by Crippen LogP contribution is 2.28. The van der Waals surface area contributed by atoms with Crippen molar-refractivity contribution >= 4 is 33.4 Å². The van der Waals surface area contributed by atoms with Crippen LogP contribution < -0.4 is 5.32 Å². The number of hydrogen-bond donors (Lipinski definition) is 1. The van der Waals surface area contributed by atoms with Gasteiger partial charge in [0, 0.05) is 44.3 Å². The van der Waals surface area contributed by atoms with Gasteiger partial charge in [-0.2, -0.15) is 5.10 Å². The van der Waals surface area contributed by atoms with E-state index in [1.165, 1.54) is 0 Å². The highest BCUT2D eigenvalue weighted by atomic mass is 79.9. The third-order valence-corrected chi connectivity index (χ3v) is 5.11. The largest absolute Gasteiger partial charge is 0.354 e. The Labute approximate surface area is 157 Å². The van der Waals surface area contributed by atoms with Crippen molar-refractivity contribution in [3.8, 4) is 0 Å². The maximum atomic E-state index is 13.0. The highest BCUT2D eigenvalue weighted by molar-refractivity contribution is 9.10. The van der Waals surface area contributed by atoms with E-state index in [0.717, 1.165) is 10.2 Å². The zero-order valence-electron chi connectivity index (χ0n) is 14.3. The Morgan fingerprint density at radius 3 is 2.88 bits per heavy atom. The van der Waals surface area contributed by atoms with E-state index >= 15 is 0 Å². The fourth-order valence-electron chi connectivity index (χ4n) is 3.37. The first-order valence-electron chi connectivity index (χ1n) is 8.23. The molecule has 1 atom stereocenters. The molecule has 3 aromatic heterocycles. The summed E-state index contributed by atoms with van der Waals surface area (Å²) in [6.07, 6.45) is 3.43. The van der Waals surface area contributed by atoms with Crippen LogP contribution in [0.1, 0.15) is 39.6 Å². The van der Waals surface area contributed by atoms with Gasteiger partial charge >= 0.3 is 0 Å². The van der Waals surface area contributed by atoms with Gasteiger partial charge in [0.2, 0.25) is 0 Å². The molecule has 2 amide bonds. The predicted octanol–water partition coefficient (Wildman–Crippen LogP) is 1.87. The topological polar surface area (TPSA) is 84.5 Å². The van der Waals surface area contributed by atoms with Crippen LogP contribution in [0.3, 0.4) is 0 Å². The van der Waals surface area contributed by atoms with Crippen LogP contribution >= 0.6 is 15.9 Å². The molecule has 0 aromatic carbocycles. The number of fused-ring (bicyclic) bond motifs is 2. The van der Waals surface area contributed by atoms with Gasteiger partial charge in [0.05, 0.1) is 10.5 Å². The molecule has 1 unspecified atom stereocenters. The molecule has 0 radical (unpaired) electrons. The van der Waals surface area contributed by atoms with Gasteiger partial charge in [0.15, 0.2) is 11.3 Å². The minimum absolute atomic E-state index is 0.125. The number of nitrogens with zero attached hydrogens (tertiary/aromatic N) is 5. The van der Waals surface area contributed by atoms with E-state index in [1.54, 1.807) is 41.0 Å². The summed E-state index contributed by atoms with van der Waals surface area (Å²) in [5, 5.41) is 7.00. The monoisotopic (exact) mass is 416 g/mol. The van der Waals surface area contributed by atoms with Gasteiger partial charge in [-0.15, -0.1) is 0 Å². The minimum atomic E-state index is -0.154. The van der Waals surface area contributed by atoms with Crippen molar-refractivity contribution in [2.24, 2.45) is 0 Å². The first-order chi connectivity index (χ1) is 12.5. The summed E-state index contributed by atoms with van der Waals surface area (Å²) >= 11 is 3.35. The lowest BCUT2D eigenvalue weighted by Crippen LogP contribution is -2.42. The van der Waals surface area contributed by atoms with Crippen molar-refractivity contribution in [3.05, 3.63) is 52.1 Å². The molecule has 0 bridgehead atoms. The normalized spacial score (nSPS) is 16.6. The fourth-order valence-corrected chi connectivity index (χ4v) is 3.66. The molecule has 1 aliphatic rings. The van der Waals surface area contributed by atoms with Crippen molar-refractivity contribution in [1.29, 1.82) is 0 Å². The average Bonchev–Trinajstić information content (AvgIpc) is 3.25. The molecule has 0 fully saturated rings. The smallest absolute Gasteiger partial charge is 0.275 e. The van der Waals surface area contributed by atoms with Crippen LogP contribution in [0.25, 0.3) is 5.65 Å². The maximum Gasteiger partial charge on any atom is 0.275 e. The Balaban J connectivity index is 1.64. The van der Waals surface area contributed by atoms with E-state index in [-0.39, 0.29) is 17.9 Å². The van der Waals surface area contributed by atoms with Crippen LogP contribution in [-0.2, 0) is 6.54 Å². The molecule has 1 aliphatic heterocycles. The summed E-state index contributed by atoms with van der Waals surface area (Å²) in [6.45, 7) is 3.04. The first-order valence-corrected chi connectivity index (χ1v) is 9.02. The van der Waals surface area contributed by atoms with E-state index in [1.807, 2.05) is 17.6 Å². The molecule has 0 saturated heterocycles. The minimum Gasteiger partial charge on any atom is -0.354 e. The number of carbonyl (C=O) groups excluding carboxylic acids is 2. The lowest BCUT2D eigenvalue weighted by Gasteiger charge is -2.35. The Morgan fingerprint density at radius 1 is 1.31 bits per heavy atom. The number of aromatic nitrogens is 4. The van der Waals surface area contributed by atoms with Gasteiger partial charge in [-0.25, -0.2) is 9.50 Å². The second-order valence-corrected chi connectivity index (χ2v) is 7.07. The van der Waals surface area contributed by atoms with E-state index in [0.29, 0.717) is 30.1 Å². The quantitative estimate of drug-likeness (QED) is 0.690.